The zero-order valence-electron chi connectivity index (χ0n) is 13.7. The fraction of sp³-hybridized carbons (Fsp3) is 0.353. The van der Waals surface area contributed by atoms with Crippen LogP contribution in [0.4, 0.5) is 0 Å². The molecule has 0 fully saturated rings. The number of nitrogens with zero attached hydrogens (tertiary/aromatic N) is 2. The highest BCUT2D eigenvalue weighted by molar-refractivity contribution is 7.07. The minimum absolute atomic E-state index is 0.0311. The highest BCUT2D eigenvalue weighted by atomic mass is 32.1. The predicted octanol–water partition coefficient (Wildman–Crippen LogP) is 2.75. The SMILES string of the molecule is Cc1csc(=O)n1CCCC(=O)NC(C)c1nc2ccccc2[nH]1. The number of aryl methyl sites for hydroxylation is 1. The molecule has 0 saturated carbocycles. The molecule has 0 radical (unpaired) electrons. The van der Waals surface area contributed by atoms with E-state index in [9.17, 15) is 9.59 Å². The average Bonchev–Trinajstić information content (AvgIpc) is 3.12. The van der Waals surface area contributed by atoms with Crippen LogP contribution in [-0.4, -0.2) is 20.4 Å². The van der Waals surface area contributed by atoms with E-state index in [1.165, 1.54) is 11.3 Å². The second-order valence-electron chi connectivity index (χ2n) is 5.83. The number of carbonyl (C=O) groups is 1. The van der Waals surface area contributed by atoms with Gasteiger partial charge in [0.25, 0.3) is 0 Å². The number of aromatic amines is 1. The maximum absolute atomic E-state index is 12.1. The van der Waals surface area contributed by atoms with Gasteiger partial charge < -0.3 is 14.9 Å². The van der Waals surface area contributed by atoms with E-state index in [1.807, 2.05) is 43.5 Å². The fourth-order valence-electron chi connectivity index (χ4n) is 2.63. The van der Waals surface area contributed by atoms with Crippen LogP contribution >= 0.6 is 11.3 Å². The van der Waals surface area contributed by atoms with Gasteiger partial charge in [0.15, 0.2) is 0 Å². The zero-order valence-corrected chi connectivity index (χ0v) is 14.5. The molecule has 2 N–H and O–H groups in total. The van der Waals surface area contributed by atoms with Gasteiger partial charge in [0, 0.05) is 24.0 Å². The van der Waals surface area contributed by atoms with Crippen molar-refractivity contribution in [2.75, 3.05) is 0 Å². The van der Waals surface area contributed by atoms with Crippen LogP contribution in [0.3, 0.4) is 0 Å². The van der Waals surface area contributed by atoms with Gasteiger partial charge in [0.05, 0.1) is 17.1 Å². The van der Waals surface area contributed by atoms with Gasteiger partial charge >= 0.3 is 4.87 Å². The van der Waals surface area contributed by atoms with Crippen LogP contribution in [0.25, 0.3) is 11.0 Å². The Kier molecular flexibility index (Phi) is 4.80. The van der Waals surface area contributed by atoms with E-state index < -0.39 is 0 Å². The third-order valence-corrected chi connectivity index (χ3v) is 4.84. The number of imidazole rings is 1. The van der Waals surface area contributed by atoms with E-state index in [-0.39, 0.29) is 16.8 Å². The number of benzene rings is 1. The maximum Gasteiger partial charge on any atom is 0.307 e. The molecular formula is C17H20N4O2S. The summed E-state index contributed by atoms with van der Waals surface area (Å²) in [4.78, 5) is 31.5. The van der Waals surface area contributed by atoms with Crippen molar-refractivity contribution in [3.05, 3.63) is 50.8 Å². The van der Waals surface area contributed by atoms with Crippen molar-refractivity contribution in [1.29, 1.82) is 0 Å². The molecule has 1 atom stereocenters. The number of hydrogen-bond donors (Lipinski definition) is 2. The lowest BCUT2D eigenvalue weighted by Crippen LogP contribution is -2.27. The maximum atomic E-state index is 12.1. The highest BCUT2D eigenvalue weighted by Crippen LogP contribution is 2.15. The molecule has 3 rings (SSSR count). The minimum atomic E-state index is -0.185. The van der Waals surface area contributed by atoms with Gasteiger partial charge in [-0.1, -0.05) is 23.5 Å². The first kappa shape index (κ1) is 16.4. The topological polar surface area (TPSA) is 79.8 Å². The summed E-state index contributed by atoms with van der Waals surface area (Å²) in [5.41, 5.74) is 2.79. The van der Waals surface area contributed by atoms with Crippen molar-refractivity contribution in [2.24, 2.45) is 0 Å². The smallest absolute Gasteiger partial charge is 0.307 e. The van der Waals surface area contributed by atoms with Crippen LogP contribution in [0.15, 0.2) is 34.4 Å². The number of para-hydroxylation sites is 2. The number of fused-ring (bicyclic) bond motifs is 1. The summed E-state index contributed by atoms with van der Waals surface area (Å²) in [6.07, 6.45) is 1.02. The molecule has 1 aromatic carbocycles. The van der Waals surface area contributed by atoms with Gasteiger partial charge in [-0.05, 0) is 32.4 Å². The van der Waals surface area contributed by atoms with E-state index >= 15 is 0 Å². The number of aromatic nitrogens is 3. The third kappa shape index (κ3) is 3.56. The molecule has 24 heavy (non-hydrogen) atoms. The highest BCUT2D eigenvalue weighted by Gasteiger charge is 2.13. The molecule has 0 saturated heterocycles. The molecule has 3 aromatic rings. The fourth-order valence-corrected chi connectivity index (χ4v) is 3.39. The van der Waals surface area contributed by atoms with Crippen LogP contribution in [-0.2, 0) is 11.3 Å². The number of thiazole rings is 1. The Morgan fingerprint density at radius 1 is 1.42 bits per heavy atom. The molecule has 6 nitrogen and oxygen atoms in total. The number of hydrogen-bond acceptors (Lipinski definition) is 4. The number of nitrogens with one attached hydrogen (secondary N) is 2. The van der Waals surface area contributed by atoms with E-state index in [4.69, 9.17) is 0 Å². The summed E-state index contributed by atoms with van der Waals surface area (Å²) in [5.74, 6) is 0.707. The first-order valence-corrected chi connectivity index (χ1v) is 8.81. The Morgan fingerprint density at radius 2 is 2.21 bits per heavy atom. The summed E-state index contributed by atoms with van der Waals surface area (Å²) in [6.45, 7) is 4.38. The van der Waals surface area contributed by atoms with Crippen molar-refractivity contribution in [1.82, 2.24) is 19.9 Å². The summed E-state index contributed by atoms with van der Waals surface area (Å²) < 4.78 is 1.71. The van der Waals surface area contributed by atoms with E-state index in [2.05, 4.69) is 15.3 Å². The summed E-state index contributed by atoms with van der Waals surface area (Å²) >= 11 is 1.19. The molecule has 2 aromatic heterocycles. The Bertz CT molecular complexity index is 876. The minimum Gasteiger partial charge on any atom is -0.346 e. The first-order chi connectivity index (χ1) is 11.5. The quantitative estimate of drug-likeness (QED) is 0.721. The number of carbonyl (C=O) groups excluding carboxylic acids is 1. The standard InChI is InChI=1S/C17H20N4O2S/c1-11-10-24-17(23)21(11)9-5-8-15(22)18-12(2)16-19-13-6-3-4-7-14(13)20-16/h3-4,6-7,10,12H,5,8-9H2,1-2H3,(H,18,22)(H,19,20). The lowest BCUT2D eigenvalue weighted by Gasteiger charge is -2.11. The molecule has 7 heteroatoms. The molecule has 1 unspecified atom stereocenters. The average molecular weight is 344 g/mol. The van der Waals surface area contributed by atoms with Gasteiger partial charge in [-0.2, -0.15) is 0 Å². The number of H-pyrrole nitrogens is 1. The number of rotatable bonds is 6. The third-order valence-electron chi connectivity index (χ3n) is 3.96. The second kappa shape index (κ2) is 7.00. The van der Waals surface area contributed by atoms with Gasteiger partial charge in [-0.3, -0.25) is 9.59 Å². The van der Waals surface area contributed by atoms with Crippen LogP contribution in [0, 0.1) is 6.92 Å². The monoisotopic (exact) mass is 344 g/mol. The van der Waals surface area contributed by atoms with Gasteiger partial charge in [0.1, 0.15) is 5.82 Å². The van der Waals surface area contributed by atoms with Gasteiger partial charge in [0.2, 0.25) is 5.91 Å². The van der Waals surface area contributed by atoms with Gasteiger partial charge in [-0.25, -0.2) is 4.98 Å². The van der Waals surface area contributed by atoms with Crippen LogP contribution in [0.1, 0.15) is 37.3 Å². The van der Waals surface area contributed by atoms with Crippen molar-refractivity contribution in [2.45, 2.75) is 39.3 Å². The molecule has 126 valence electrons. The Balaban J connectivity index is 1.53. The van der Waals surface area contributed by atoms with Crippen LogP contribution < -0.4 is 10.2 Å². The van der Waals surface area contributed by atoms with Crippen LogP contribution in [0.5, 0.6) is 0 Å². The van der Waals surface area contributed by atoms with E-state index in [1.54, 1.807) is 4.57 Å². The molecule has 0 bridgehead atoms. The second-order valence-corrected chi connectivity index (χ2v) is 6.65. The molecule has 2 heterocycles. The van der Waals surface area contributed by atoms with Crippen molar-refractivity contribution < 1.29 is 4.79 Å². The molecule has 0 spiro atoms. The Hall–Kier alpha value is -2.41. The zero-order chi connectivity index (χ0) is 17.1. The predicted molar refractivity (Wildman–Crippen MR) is 95.2 cm³/mol. The summed E-state index contributed by atoms with van der Waals surface area (Å²) in [6, 6.07) is 7.59. The number of amides is 1. The van der Waals surface area contributed by atoms with E-state index in [0.717, 1.165) is 22.6 Å². The van der Waals surface area contributed by atoms with Crippen molar-refractivity contribution >= 4 is 28.3 Å². The Morgan fingerprint density at radius 3 is 2.92 bits per heavy atom. The van der Waals surface area contributed by atoms with E-state index in [0.29, 0.717) is 19.4 Å². The summed E-state index contributed by atoms with van der Waals surface area (Å²) in [5, 5.41) is 4.79. The largest absolute Gasteiger partial charge is 0.346 e. The molecule has 1 amide bonds. The van der Waals surface area contributed by atoms with Crippen molar-refractivity contribution in [3.8, 4) is 0 Å². The molecular weight excluding hydrogens is 324 g/mol. The molecule has 0 aliphatic heterocycles. The lowest BCUT2D eigenvalue weighted by molar-refractivity contribution is -0.121. The van der Waals surface area contributed by atoms with Gasteiger partial charge in [-0.15, -0.1) is 0 Å². The molecule has 0 aliphatic carbocycles. The van der Waals surface area contributed by atoms with Crippen molar-refractivity contribution in [3.63, 3.8) is 0 Å². The molecule has 0 aliphatic rings. The van der Waals surface area contributed by atoms with Crippen LogP contribution in [0.2, 0.25) is 0 Å². The Labute approximate surface area is 143 Å². The lowest BCUT2D eigenvalue weighted by atomic mass is 10.2. The summed E-state index contributed by atoms with van der Waals surface area (Å²) in [7, 11) is 0. The first-order valence-electron chi connectivity index (χ1n) is 7.93. The normalized spacial score (nSPS) is 12.4.